The van der Waals surface area contributed by atoms with E-state index in [0.717, 1.165) is 24.4 Å². The second kappa shape index (κ2) is 4.37. The molecule has 14 heavy (non-hydrogen) atoms. The predicted octanol–water partition coefficient (Wildman–Crippen LogP) is 0.760. The normalized spacial score (nSPS) is 14.9. The van der Waals surface area contributed by atoms with Crippen LogP contribution in [0.3, 0.4) is 0 Å². The average Bonchev–Trinajstić information content (AvgIpc) is 2.26. The van der Waals surface area contributed by atoms with Gasteiger partial charge in [-0.25, -0.2) is 0 Å². The third-order valence-corrected chi connectivity index (χ3v) is 2.49. The number of aryl methyl sites for hydroxylation is 2. The van der Waals surface area contributed by atoms with Crippen molar-refractivity contribution in [1.82, 2.24) is 10.2 Å². The smallest absolute Gasteiger partial charge is 0.149 e. The lowest BCUT2D eigenvalue weighted by Gasteiger charge is -2.14. The van der Waals surface area contributed by atoms with E-state index in [1.807, 2.05) is 0 Å². The summed E-state index contributed by atoms with van der Waals surface area (Å²) >= 11 is 0. The van der Waals surface area contributed by atoms with Crippen LogP contribution in [0.2, 0.25) is 0 Å². The van der Waals surface area contributed by atoms with Gasteiger partial charge in [0.1, 0.15) is 5.82 Å². The van der Waals surface area contributed by atoms with Gasteiger partial charge in [-0.1, -0.05) is 0 Å². The molecule has 0 bridgehead atoms. The van der Waals surface area contributed by atoms with Crippen molar-refractivity contribution in [2.45, 2.75) is 25.7 Å². The molecule has 0 unspecified atom stereocenters. The monoisotopic (exact) mass is 193 g/mol. The number of anilines is 1. The molecule has 1 aliphatic carbocycles. The summed E-state index contributed by atoms with van der Waals surface area (Å²) in [5, 5.41) is 19.9. The molecule has 0 radical (unpaired) electrons. The average molecular weight is 193 g/mol. The van der Waals surface area contributed by atoms with E-state index in [-0.39, 0.29) is 6.61 Å². The lowest BCUT2D eigenvalue weighted by atomic mass is 9.97. The molecule has 0 spiro atoms. The van der Waals surface area contributed by atoms with Gasteiger partial charge < -0.3 is 10.4 Å². The van der Waals surface area contributed by atoms with Crippen LogP contribution in [0.4, 0.5) is 5.82 Å². The van der Waals surface area contributed by atoms with Gasteiger partial charge in [0.05, 0.1) is 12.3 Å². The van der Waals surface area contributed by atoms with Crippen LogP contribution in [-0.4, -0.2) is 28.5 Å². The largest absolute Gasteiger partial charge is 0.395 e. The van der Waals surface area contributed by atoms with Crippen LogP contribution >= 0.6 is 0 Å². The summed E-state index contributed by atoms with van der Waals surface area (Å²) in [5.74, 6) is 0.778. The minimum Gasteiger partial charge on any atom is -0.395 e. The Morgan fingerprint density at radius 2 is 2.14 bits per heavy atom. The molecule has 2 N–H and O–H groups in total. The van der Waals surface area contributed by atoms with E-state index in [1.54, 1.807) is 0 Å². The first-order valence-corrected chi connectivity index (χ1v) is 5.10. The van der Waals surface area contributed by atoms with Crippen LogP contribution in [-0.2, 0) is 12.8 Å². The van der Waals surface area contributed by atoms with E-state index in [4.69, 9.17) is 5.11 Å². The lowest BCUT2D eigenvalue weighted by molar-refractivity contribution is 0.311. The maximum atomic E-state index is 8.66. The van der Waals surface area contributed by atoms with Gasteiger partial charge in [-0.15, -0.1) is 5.10 Å². The van der Waals surface area contributed by atoms with Crippen molar-refractivity contribution in [3.63, 3.8) is 0 Å². The van der Waals surface area contributed by atoms with Crippen molar-refractivity contribution in [1.29, 1.82) is 0 Å². The van der Waals surface area contributed by atoms with Crippen LogP contribution in [0, 0.1) is 0 Å². The molecule has 4 heteroatoms. The molecule has 1 aliphatic rings. The van der Waals surface area contributed by atoms with Gasteiger partial charge in [-0.2, -0.15) is 5.10 Å². The zero-order valence-electron chi connectivity index (χ0n) is 8.16. The summed E-state index contributed by atoms with van der Waals surface area (Å²) in [7, 11) is 0. The van der Waals surface area contributed by atoms with E-state index >= 15 is 0 Å². The fourth-order valence-electron chi connectivity index (χ4n) is 1.76. The number of aliphatic hydroxyl groups is 1. The Bertz CT molecular complexity index is 314. The highest BCUT2D eigenvalue weighted by molar-refractivity contribution is 5.38. The predicted molar refractivity (Wildman–Crippen MR) is 54.2 cm³/mol. The second-order valence-electron chi connectivity index (χ2n) is 3.56. The van der Waals surface area contributed by atoms with Crippen LogP contribution in [0.5, 0.6) is 0 Å². The quantitative estimate of drug-likeness (QED) is 0.744. The number of nitrogens with one attached hydrogen (secondary N) is 1. The maximum absolute atomic E-state index is 8.66. The Balaban J connectivity index is 2.12. The molecule has 76 valence electrons. The molecule has 2 rings (SSSR count). The van der Waals surface area contributed by atoms with Crippen molar-refractivity contribution >= 4 is 5.82 Å². The van der Waals surface area contributed by atoms with Gasteiger partial charge in [0.25, 0.3) is 0 Å². The summed E-state index contributed by atoms with van der Waals surface area (Å²) in [6, 6.07) is 2.05. The van der Waals surface area contributed by atoms with Crippen LogP contribution < -0.4 is 5.32 Å². The van der Waals surface area contributed by atoms with Crippen molar-refractivity contribution in [3.8, 4) is 0 Å². The number of fused-ring (bicyclic) bond motifs is 1. The number of rotatable bonds is 3. The van der Waals surface area contributed by atoms with E-state index in [0.29, 0.717) is 6.54 Å². The number of hydrogen-bond donors (Lipinski definition) is 2. The van der Waals surface area contributed by atoms with Crippen LogP contribution in [0.15, 0.2) is 6.07 Å². The Morgan fingerprint density at radius 3 is 3.00 bits per heavy atom. The highest BCUT2D eigenvalue weighted by atomic mass is 16.3. The van der Waals surface area contributed by atoms with Crippen LogP contribution in [0.1, 0.15) is 24.1 Å². The molecule has 0 fully saturated rings. The molecule has 0 aliphatic heterocycles. The van der Waals surface area contributed by atoms with Gasteiger partial charge >= 0.3 is 0 Å². The Labute approximate surface area is 83.4 Å². The van der Waals surface area contributed by atoms with Gasteiger partial charge in [-0.3, -0.25) is 0 Å². The van der Waals surface area contributed by atoms with Crippen molar-refractivity contribution < 1.29 is 5.11 Å². The standard InChI is InChI=1S/C10H15N3O/c14-6-5-11-10-7-8-3-1-2-4-9(8)12-13-10/h7,14H,1-6H2,(H,11,13). The minimum atomic E-state index is 0.124. The molecule has 1 heterocycles. The number of hydrogen-bond acceptors (Lipinski definition) is 4. The summed E-state index contributed by atoms with van der Waals surface area (Å²) in [4.78, 5) is 0. The Hall–Kier alpha value is -1.16. The molecule has 0 amide bonds. The molecule has 0 saturated heterocycles. The number of aliphatic hydroxyl groups excluding tert-OH is 1. The van der Waals surface area contributed by atoms with Gasteiger partial charge in [-0.05, 0) is 37.3 Å². The van der Waals surface area contributed by atoms with E-state index in [2.05, 4.69) is 21.6 Å². The van der Waals surface area contributed by atoms with E-state index in [1.165, 1.54) is 18.4 Å². The fraction of sp³-hybridized carbons (Fsp3) is 0.600. The molecule has 1 aromatic rings. The number of nitrogens with zero attached hydrogens (tertiary/aromatic N) is 2. The molecular weight excluding hydrogens is 178 g/mol. The molecule has 0 saturated carbocycles. The van der Waals surface area contributed by atoms with Crippen molar-refractivity contribution in [3.05, 3.63) is 17.3 Å². The summed E-state index contributed by atoms with van der Waals surface area (Å²) in [6.07, 6.45) is 4.64. The maximum Gasteiger partial charge on any atom is 0.149 e. The zero-order valence-corrected chi connectivity index (χ0v) is 8.16. The topological polar surface area (TPSA) is 58.0 Å². The van der Waals surface area contributed by atoms with E-state index < -0.39 is 0 Å². The van der Waals surface area contributed by atoms with Gasteiger partial charge in [0.2, 0.25) is 0 Å². The highest BCUT2D eigenvalue weighted by Gasteiger charge is 2.11. The highest BCUT2D eigenvalue weighted by Crippen LogP contribution is 2.20. The summed E-state index contributed by atoms with van der Waals surface area (Å²) < 4.78 is 0. The summed E-state index contributed by atoms with van der Waals surface area (Å²) in [5.41, 5.74) is 2.46. The SMILES string of the molecule is OCCNc1cc2c(nn1)CCCC2. The lowest BCUT2D eigenvalue weighted by Crippen LogP contribution is -2.11. The van der Waals surface area contributed by atoms with Crippen LogP contribution in [0.25, 0.3) is 0 Å². The first kappa shape index (κ1) is 9.40. The first-order chi connectivity index (χ1) is 6.90. The van der Waals surface area contributed by atoms with Crippen molar-refractivity contribution in [2.24, 2.45) is 0 Å². The molecule has 4 nitrogen and oxygen atoms in total. The summed E-state index contributed by atoms with van der Waals surface area (Å²) in [6.45, 7) is 0.659. The molecular formula is C10H15N3O. The zero-order chi connectivity index (χ0) is 9.80. The minimum absolute atomic E-state index is 0.124. The van der Waals surface area contributed by atoms with E-state index in [9.17, 15) is 0 Å². The number of aromatic nitrogens is 2. The molecule has 0 atom stereocenters. The van der Waals surface area contributed by atoms with Gasteiger partial charge in [0, 0.05) is 6.54 Å². The second-order valence-corrected chi connectivity index (χ2v) is 3.56. The third kappa shape index (κ3) is 2.01. The fourth-order valence-corrected chi connectivity index (χ4v) is 1.76. The van der Waals surface area contributed by atoms with Gasteiger partial charge in [0.15, 0.2) is 0 Å². The Morgan fingerprint density at radius 1 is 1.29 bits per heavy atom. The Kier molecular flexibility index (Phi) is 2.93. The molecule has 1 aromatic heterocycles. The molecule has 0 aromatic carbocycles. The third-order valence-electron chi connectivity index (χ3n) is 2.49. The van der Waals surface area contributed by atoms with Crippen molar-refractivity contribution in [2.75, 3.05) is 18.5 Å². The first-order valence-electron chi connectivity index (χ1n) is 5.10.